The van der Waals surface area contributed by atoms with Crippen molar-refractivity contribution in [3.63, 3.8) is 0 Å². The normalized spacial score (nSPS) is 11.5. The number of likely N-dealkylation sites (N-methyl/N-ethyl adjacent to an activating group) is 1. The van der Waals surface area contributed by atoms with E-state index in [4.69, 9.17) is 0 Å². The van der Waals surface area contributed by atoms with Gasteiger partial charge >= 0.3 is 0 Å². The van der Waals surface area contributed by atoms with Crippen molar-refractivity contribution in [1.82, 2.24) is 9.97 Å². The van der Waals surface area contributed by atoms with Gasteiger partial charge in [0.15, 0.2) is 11.6 Å². The predicted octanol–water partition coefficient (Wildman–Crippen LogP) is 2.03. The Kier molecular flexibility index (Phi) is 5.47. The molecule has 0 aliphatic carbocycles. The Balaban J connectivity index is 2.95. The number of hydrogen-bond acceptors (Lipinski definition) is 5. The zero-order valence-electron chi connectivity index (χ0n) is 12.1. The first-order valence-electron chi connectivity index (χ1n) is 6.61. The van der Waals surface area contributed by atoms with Crippen LogP contribution in [-0.2, 0) is 0 Å². The minimum Gasteiger partial charge on any atom is -0.389 e. The third-order valence-electron chi connectivity index (χ3n) is 2.52. The van der Waals surface area contributed by atoms with E-state index < -0.39 is 11.4 Å². The molecule has 2 N–H and O–H groups in total. The van der Waals surface area contributed by atoms with Crippen molar-refractivity contribution in [2.75, 3.05) is 29.9 Å². The molecule has 108 valence electrons. The number of rotatable bonds is 7. The molecule has 0 amide bonds. The zero-order chi connectivity index (χ0) is 14.5. The second-order valence-corrected chi connectivity index (χ2v) is 5.12. The monoisotopic (exact) mass is 270 g/mol. The summed E-state index contributed by atoms with van der Waals surface area (Å²) in [5.41, 5.74) is -0.912. The van der Waals surface area contributed by atoms with E-state index in [2.05, 4.69) is 15.3 Å². The molecule has 1 aromatic heterocycles. The Hall–Kier alpha value is -1.43. The number of aromatic nitrogens is 2. The Morgan fingerprint density at radius 3 is 2.63 bits per heavy atom. The fourth-order valence-electron chi connectivity index (χ4n) is 1.71. The SMILES string of the molecule is CCCNc1ncc(F)c(N(CC)CC(C)(C)O)n1. The van der Waals surface area contributed by atoms with Crippen LogP contribution in [0.25, 0.3) is 0 Å². The lowest BCUT2D eigenvalue weighted by atomic mass is 10.1. The molecule has 0 saturated heterocycles. The van der Waals surface area contributed by atoms with Crippen LogP contribution in [0.5, 0.6) is 0 Å². The summed E-state index contributed by atoms with van der Waals surface area (Å²) >= 11 is 0. The summed E-state index contributed by atoms with van der Waals surface area (Å²) in [6, 6.07) is 0. The van der Waals surface area contributed by atoms with E-state index in [0.29, 0.717) is 19.0 Å². The molecule has 0 saturated carbocycles. The van der Waals surface area contributed by atoms with Crippen molar-refractivity contribution in [2.24, 2.45) is 0 Å². The van der Waals surface area contributed by atoms with Gasteiger partial charge in [-0.25, -0.2) is 9.37 Å². The van der Waals surface area contributed by atoms with Crippen molar-refractivity contribution in [3.05, 3.63) is 12.0 Å². The minimum absolute atomic E-state index is 0.221. The number of nitrogens with one attached hydrogen (secondary N) is 1. The molecule has 0 spiro atoms. The van der Waals surface area contributed by atoms with Crippen molar-refractivity contribution in [1.29, 1.82) is 0 Å². The van der Waals surface area contributed by atoms with Gasteiger partial charge in [-0.1, -0.05) is 6.92 Å². The quantitative estimate of drug-likeness (QED) is 0.794. The van der Waals surface area contributed by atoms with Gasteiger partial charge in [0.25, 0.3) is 0 Å². The molecule has 1 rings (SSSR count). The summed E-state index contributed by atoms with van der Waals surface area (Å²) in [4.78, 5) is 9.79. The van der Waals surface area contributed by atoms with Crippen LogP contribution in [0.3, 0.4) is 0 Å². The maximum atomic E-state index is 13.8. The third kappa shape index (κ3) is 4.98. The highest BCUT2D eigenvalue weighted by Gasteiger charge is 2.21. The average molecular weight is 270 g/mol. The molecule has 0 atom stereocenters. The van der Waals surface area contributed by atoms with Gasteiger partial charge in [-0.05, 0) is 27.2 Å². The second kappa shape index (κ2) is 6.65. The molecule has 0 unspecified atom stereocenters. The lowest BCUT2D eigenvalue weighted by Crippen LogP contribution is -2.39. The largest absolute Gasteiger partial charge is 0.389 e. The van der Waals surface area contributed by atoms with Crippen LogP contribution in [0.2, 0.25) is 0 Å². The maximum Gasteiger partial charge on any atom is 0.224 e. The van der Waals surface area contributed by atoms with Gasteiger partial charge < -0.3 is 15.3 Å². The molecular weight excluding hydrogens is 247 g/mol. The lowest BCUT2D eigenvalue weighted by Gasteiger charge is -2.29. The van der Waals surface area contributed by atoms with Gasteiger partial charge in [-0.15, -0.1) is 0 Å². The van der Waals surface area contributed by atoms with Crippen LogP contribution < -0.4 is 10.2 Å². The molecule has 19 heavy (non-hydrogen) atoms. The van der Waals surface area contributed by atoms with Crippen molar-refractivity contribution >= 4 is 11.8 Å². The number of nitrogens with zero attached hydrogens (tertiary/aromatic N) is 3. The van der Waals surface area contributed by atoms with E-state index in [1.54, 1.807) is 18.7 Å². The van der Waals surface area contributed by atoms with Crippen LogP contribution in [0.1, 0.15) is 34.1 Å². The molecule has 5 nitrogen and oxygen atoms in total. The van der Waals surface area contributed by atoms with E-state index in [0.717, 1.165) is 19.2 Å². The van der Waals surface area contributed by atoms with Crippen LogP contribution in [0, 0.1) is 5.82 Å². The van der Waals surface area contributed by atoms with E-state index in [-0.39, 0.29) is 5.82 Å². The number of aliphatic hydroxyl groups is 1. The van der Waals surface area contributed by atoms with Crippen molar-refractivity contribution in [2.45, 2.75) is 39.7 Å². The predicted molar refractivity (Wildman–Crippen MR) is 75.0 cm³/mol. The maximum absolute atomic E-state index is 13.8. The Bertz CT molecular complexity index is 406. The molecule has 0 fully saturated rings. The van der Waals surface area contributed by atoms with E-state index >= 15 is 0 Å². The van der Waals surface area contributed by atoms with Gasteiger partial charge in [0.2, 0.25) is 5.95 Å². The third-order valence-corrected chi connectivity index (χ3v) is 2.52. The van der Waals surface area contributed by atoms with Crippen molar-refractivity contribution < 1.29 is 9.50 Å². The molecule has 0 aromatic carbocycles. The Morgan fingerprint density at radius 2 is 2.11 bits per heavy atom. The highest BCUT2D eigenvalue weighted by Crippen LogP contribution is 2.19. The number of hydrogen-bond donors (Lipinski definition) is 2. The van der Waals surface area contributed by atoms with Gasteiger partial charge in [-0.3, -0.25) is 0 Å². The zero-order valence-corrected chi connectivity index (χ0v) is 12.1. The molecule has 1 heterocycles. The summed E-state index contributed by atoms with van der Waals surface area (Å²) in [7, 11) is 0. The summed E-state index contributed by atoms with van der Waals surface area (Å²) in [6.45, 7) is 8.91. The highest BCUT2D eigenvalue weighted by atomic mass is 19.1. The van der Waals surface area contributed by atoms with Gasteiger partial charge in [-0.2, -0.15) is 4.98 Å². The van der Waals surface area contributed by atoms with Gasteiger partial charge in [0, 0.05) is 19.6 Å². The Morgan fingerprint density at radius 1 is 1.42 bits per heavy atom. The van der Waals surface area contributed by atoms with E-state index in [1.165, 1.54) is 0 Å². The minimum atomic E-state index is -0.912. The van der Waals surface area contributed by atoms with Crippen LogP contribution in [-0.4, -0.2) is 40.3 Å². The van der Waals surface area contributed by atoms with Crippen LogP contribution >= 0.6 is 0 Å². The number of anilines is 2. The topological polar surface area (TPSA) is 61.3 Å². The van der Waals surface area contributed by atoms with Gasteiger partial charge in [0.05, 0.1) is 11.8 Å². The summed E-state index contributed by atoms with van der Waals surface area (Å²) in [5, 5.41) is 12.9. The molecular formula is C13H23FN4O. The summed E-state index contributed by atoms with van der Waals surface area (Å²) in [5.74, 6) is 0.152. The molecule has 1 aromatic rings. The first-order valence-corrected chi connectivity index (χ1v) is 6.61. The smallest absolute Gasteiger partial charge is 0.224 e. The molecule has 0 bridgehead atoms. The lowest BCUT2D eigenvalue weighted by molar-refractivity contribution is 0.0872. The second-order valence-electron chi connectivity index (χ2n) is 5.12. The van der Waals surface area contributed by atoms with E-state index in [1.807, 2.05) is 13.8 Å². The fraction of sp³-hybridized carbons (Fsp3) is 0.692. The fourth-order valence-corrected chi connectivity index (χ4v) is 1.71. The Labute approximate surface area is 113 Å². The first-order chi connectivity index (χ1) is 8.87. The molecule has 0 aliphatic heterocycles. The van der Waals surface area contributed by atoms with Gasteiger partial charge in [0.1, 0.15) is 0 Å². The highest BCUT2D eigenvalue weighted by molar-refractivity contribution is 5.44. The standard InChI is InChI=1S/C13H23FN4O/c1-5-7-15-12-16-8-10(14)11(17-12)18(6-2)9-13(3,4)19/h8,19H,5-7,9H2,1-4H3,(H,15,16,17). The van der Waals surface area contributed by atoms with Crippen LogP contribution in [0.4, 0.5) is 16.2 Å². The first kappa shape index (κ1) is 15.6. The van der Waals surface area contributed by atoms with Crippen LogP contribution in [0.15, 0.2) is 6.20 Å². The van der Waals surface area contributed by atoms with Crippen molar-refractivity contribution in [3.8, 4) is 0 Å². The summed E-state index contributed by atoms with van der Waals surface area (Å²) in [6.07, 6.45) is 2.10. The summed E-state index contributed by atoms with van der Waals surface area (Å²) < 4.78 is 13.8. The van der Waals surface area contributed by atoms with E-state index in [9.17, 15) is 9.50 Å². The average Bonchev–Trinajstić information content (AvgIpc) is 2.34. The number of halogens is 1. The molecule has 0 radical (unpaired) electrons. The molecule has 0 aliphatic rings. The molecule has 6 heteroatoms.